The number of allylic oxidation sites excluding steroid dienone is 1. The molecule has 130 valence electrons. The Labute approximate surface area is 147 Å². The van der Waals surface area contributed by atoms with E-state index in [1.54, 1.807) is 24.3 Å². The van der Waals surface area contributed by atoms with Crippen molar-refractivity contribution >= 4 is 17.3 Å². The van der Waals surface area contributed by atoms with Gasteiger partial charge in [-0.15, -0.1) is 0 Å². The summed E-state index contributed by atoms with van der Waals surface area (Å²) >= 11 is 0. The smallest absolute Gasteiger partial charge is 0.360 e. The number of amides is 1. The number of nitriles is 2. The largest absolute Gasteiger partial charge is 0.416 e. The first-order valence-corrected chi connectivity index (χ1v) is 7.19. The predicted octanol–water partition coefficient (Wildman–Crippen LogP) is 4.30. The summed E-state index contributed by atoms with van der Waals surface area (Å²) < 4.78 is 38.2. The van der Waals surface area contributed by atoms with E-state index < -0.39 is 17.6 Å². The maximum absolute atomic E-state index is 12.7. The third-order valence-electron chi connectivity index (χ3n) is 3.20. The van der Waals surface area contributed by atoms with Gasteiger partial charge in [0, 0.05) is 23.1 Å². The summed E-state index contributed by atoms with van der Waals surface area (Å²) in [6, 6.07) is 13.7. The average molecular weight is 356 g/mol. The van der Waals surface area contributed by atoms with Crippen LogP contribution >= 0.6 is 0 Å². The Bertz CT molecular complexity index is 920. The summed E-state index contributed by atoms with van der Waals surface area (Å²) in [5.41, 5.74) is -0.375. The molecule has 5 nitrogen and oxygen atoms in total. The highest BCUT2D eigenvalue weighted by Gasteiger charge is 2.30. The van der Waals surface area contributed by atoms with E-state index in [-0.39, 0.29) is 16.8 Å². The predicted molar refractivity (Wildman–Crippen MR) is 88.8 cm³/mol. The summed E-state index contributed by atoms with van der Waals surface area (Å²) in [6.45, 7) is 0. The Morgan fingerprint density at radius 3 is 2.31 bits per heavy atom. The van der Waals surface area contributed by atoms with Crippen LogP contribution in [0.15, 0.2) is 60.3 Å². The third kappa shape index (κ3) is 4.86. The molecule has 26 heavy (non-hydrogen) atoms. The topological polar surface area (TPSA) is 88.7 Å². The molecule has 0 fully saturated rings. The van der Waals surface area contributed by atoms with Gasteiger partial charge in [-0.2, -0.15) is 23.7 Å². The number of rotatable bonds is 4. The van der Waals surface area contributed by atoms with Crippen LogP contribution in [-0.4, -0.2) is 5.91 Å². The highest BCUT2D eigenvalue weighted by molar-refractivity contribution is 6.04. The molecule has 0 aromatic heterocycles. The van der Waals surface area contributed by atoms with Gasteiger partial charge in [-0.1, -0.05) is 12.1 Å². The van der Waals surface area contributed by atoms with E-state index >= 15 is 0 Å². The van der Waals surface area contributed by atoms with E-state index in [1.807, 2.05) is 0 Å². The number of nitrogens with zero attached hydrogens (tertiary/aromatic N) is 2. The van der Waals surface area contributed by atoms with Gasteiger partial charge < -0.3 is 10.6 Å². The molecule has 0 saturated heterocycles. The molecule has 0 radical (unpaired) electrons. The maximum atomic E-state index is 12.7. The molecule has 0 aliphatic carbocycles. The summed E-state index contributed by atoms with van der Waals surface area (Å²) in [6.07, 6.45) is -3.32. The van der Waals surface area contributed by atoms with Gasteiger partial charge in [0.25, 0.3) is 5.91 Å². The lowest BCUT2D eigenvalue weighted by Gasteiger charge is -2.10. The van der Waals surface area contributed by atoms with Crippen LogP contribution in [0.5, 0.6) is 0 Å². The third-order valence-corrected chi connectivity index (χ3v) is 3.20. The van der Waals surface area contributed by atoms with E-state index in [0.717, 1.165) is 12.1 Å². The number of nitrogens with one attached hydrogen (secondary N) is 2. The molecule has 0 aliphatic rings. The molecule has 8 heteroatoms. The van der Waals surface area contributed by atoms with Crippen LogP contribution in [0.3, 0.4) is 0 Å². The van der Waals surface area contributed by atoms with Crippen molar-refractivity contribution in [2.45, 2.75) is 6.18 Å². The second-order valence-corrected chi connectivity index (χ2v) is 5.04. The summed E-state index contributed by atoms with van der Waals surface area (Å²) in [5.74, 6) is -0.599. The molecular weight excluding hydrogens is 345 g/mol. The van der Waals surface area contributed by atoms with E-state index in [0.29, 0.717) is 5.69 Å². The zero-order valence-electron chi connectivity index (χ0n) is 13.1. The number of halogens is 3. The van der Waals surface area contributed by atoms with Gasteiger partial charge in [0.05, 0.1) is 5.56 Å². The first-order valence-electron chi connectivity index (χ1n) is 7.19. The lowest BCUT2D eigenvalue weighted by atomic mass is 10.1. The van der Waals surface area contributed by atoms with Crippen LogP contribution < -0.4 is 10.6 Å². The fourth-order valence-electron chi connectivity index (χ4n) is 1.97. The molecule has 0 aliphatic heterocycles. The fourth-order valence-corrected chi connectivity index (χ4v) is 1.97. The quantitative estimate of drug-likeness (QED) is 0.800. The minimum Gasteiger partial charge on any atom is -0.360 e. The molecule has 2 aromatic carbocycles. The Morgan fingerprint density at radius 1 is 1.00 bits per heavy atom. The summed E-state index contributed by atoms with van der Waals surface area (Å²) in [4.78, 5) is 12.2. The van der Waals surface area contributed by atoms with Crippen molar-refractivity contribution in [2.75, 3.05) is 10.6 Å². The number of alkyl halides is 3. The van der Waals surface area contributed by atoms with Gasteiger partial charge in [-0.3, -0.25) is 4.79 Å². The van der Waals surface area contributed by atoms with E-state index in [1.165, 1.54) is 30.5 Å². The molecular formula is C18H11F3N4O. The number of hydrogen-bond donors (Lipinski definition) is 2. The summed E-state index contributed by atoms with van der Waals surface area (Å²) in [7, 11) is 0. The monoisotopic (exact) mass is 356 g/mol. The second kappa shape index (κ2) is 7.86. The summed E-state index contributed by atoms with van der Waals surface area (Å²) in [5, 5.41) is 22.4. The van der Waals surface area contributed by atoms with Crippen LogP contribution in [0.25, 0.3) is 0 Å². The maximum Gasteiger partial charge on any atom is 0.416 e. The van der Waals surface area contributed by atoms with Gasteiger partial charge >= 0.3 is 6.18 Å². The molecule has 0 unspecified atom stereocenters. The van der Waals surface area contributed by atoms with Crippen molar-refractivity contribution in [1.82, 2.24) is 0 Å². The zero-order valence-corrected chi connectivity index (χ0v) is 13.1. The molecule has 0 spiro atoms. The molecule has 0 saturated carbocycles. The van der Waals surface area contributed by atoms with Gasteiger partial charge in [-0.25, -0.2) is 0 Å². The first kappa shape index (κ1) is 18.6. The SMILES string of the molecule is N#CC(C#N)=CNc1cccc(C(=O)Nc2cccc(C(F)(F)F)c2)c1. The van der Waals surface area contributed by atoms with Crippen LogP contribution in [0.2, 0.25) is 0 Å². The molecule has 0 heterocycles. The molecule has 2 aromatic rings. The molecule has 2 N–H and O–H groups in total. The lowest BCUT2D eigenvalue weighted by Crippen LogP contribution is -2.13. The van der Waals surface area contributed by atoms with Gasteiger partial charge in [-0.05, 0) is 36.4 Å². The minimum absolute atomic E-state index is 0.0133. The lowest BCUT2D eigenvalue weighted by molar-refractivity contribution is -0.137. The number of carbonyl (C=O) groups excluding carboxylic acids is 1. The standard InChI is InChI=1S/C18H11F3N4O/c19-18(20,21)14-4-2-6-16(8-14)25-17(26)13-3-1-5-15(7-13)24-11-12(9-22)10-23/h1-8,11,24H,(H,25,26). The molecule has 2 rings (SSSR count). The van der Waals surface area contributed by atoms with Gasteiger partial charge in [0.15, 0.2) is 0 Å². The number of anilines is 2. The van der Waals surface area contributed by atoms with E-state index in [2.05, 4.69) is 10.6 Å². The van der Waals surface area contributed by atoms with Gasteiger partial charge in [0.1, 0.15) is 17.7 Å². The number of benzene rings is 2. The van der Waals surface area contributed by atoms with E-state index in [9.17, 15) is 18.0 Å². The Morgan fingerprint density at radius 2 is 1.65 bits per heavy atom. The fraction of sp³-hybridized carbons (Fsp3) is 0.0556. The Balaban J connectivity index is 2.16. The highest BCUT2D eigenvalue weighted by atomic mass is 19.4. The van der Waals surface area contributed by atoms with Gasteiger partial charge in [0.2, 0.25) is 0 Å². The van der Waals surface area contributed by atoms with Crippen molar-refractivity contribution in [3.05, 3.63) is 71.4 Å². The van der Waals surface area contributed by atoms with Crippen LogP contribution in [0.1, 0.15) is 15.9 Å². The van der Waals surface area contributed by atoms with Crippen LogP contribution in [-0.2, 0) is 6.18 Å². The zero-order chi connectivity index (χ0) is 19.2. The normalized spacial score (nSPS) is 10.2. The van der Waals surface area contributed by atoms with Crippen molar-refractivity contribution in [3.63, 3.8) is 0 Å². The van der Waals surface area contributed by atoms with Crippen LogP contribution in [0.4, 0.5) is 24.5 Å². The second-order valence-electron chi connectivity index (χ2n) is 5.04. The van der Waals surface area contributed by atoms with Crippen molar-refractivity contribution in [1.29, 1.82) is 10.5 Å². The van der Waals surface area contributed by atoms with Crippen molar-refractivity contribution < 1.29 is 18.0 Å². The Kier molecular flexibility index (Phi) is 5.61. The molecule has 0 atom stereocenters. The first-order chi connectivity index (χ1) is 12.3. The number of hydrogen-bond acceptors (Lipinski definition) is 4. The average Bonchev–Trinajstić information content (AvgIpc) is 2.62. The highest BCUT2D eigenvalue weighted by Crippen LogP contribution is 2.30. The minimum atomic E-state index is -4.50. The Hall–Kier alpha value is -3.78. The molecule has 1 amide bonds. The van der Waals surface area contributed by atoms with Crippen molar-refractivity contribution in [2.24, 2.45) is 0 Å². The number of carbonyl (C=O) groups is 1. The van der Waals surface area contributed by atoms with Crippen LogP contribution in [0, 0.1) is 22.7 Å². The van der Waals surface area contributed by atoms with Crippen molar-refractivity contribution in [3.8, 4) is 12.1 Å². The van der Waals surface area contributed by atoms with E-state index in [4.69, 9.17) is 10.5 Å². The molecule has 0 bridgehead atoms.